The second kappa shape index (κ2) is 6.85. The summed E-state index contributed by atoms with van der Waals surface area (Å²) in [6.07, 6.45) is 2.82. The molecule has 0 amide bonds. The van der Waals surface area contributed by atoms with Crippen LogP contribution < -0.4 is 10.4 Å². The number of hydrogen-bond acceptors (Lipinski definition) is 5. The molecule has 0 N–H and O–H groups in total. The third-order valence-electron chi connectivity index (χ3n) is 4.20. The van der Waals surface area contributed by atoms with Crippen molar-refractivity contribution in [3.05, 3.63) is 38.7 Å². The van der Waals surface area contributed by atoms with Crippen LogP contribution in [0.15, 0.2) is 21.3 Å². The largest absolute Gasteiger partial charge is 0.477 e. The number of carbonyl (C=O) groups excluding carboxylic acids is 1. The number of aryl methyl sites for hydroxylation is 1. The van der Waals surface area contributed by atoms with Gasteiger partial charge in [0.1, 0.15) is 11.3 Å². The quantitative estimate of drug-likeness (QED) is 0.622. The Kier molecular flexibility index (Phi) is 4.81. The minimum absolute atomic E-state index is 0.277. The van der Waals surface area contributed by atoms with Gasteiger partial charge in [-0.25, -0.2) is 9.59 Å². The number of halogens is 1. The first-order valence-electron chi connectivity index (χ1n) is 8.12. The highest BCUT2D eigenvalue weighted by molar-refractivity contribution is 6.32. The number of rotatable bonds is 4. The number of fused-ring (bicyclic) bond motifs is 3. The normalized spacial score (nSPS) is 15.0. The molecule has 1 aromatic carbocycles. The SMILES string of the molecule is CCOC(=O)C(C)Oc1cc2oc(=O)c3c(c2cc1Cl)CCCC3. The summed E-state index contributed by atoms with van der Waals surface area (Å²) in [5.41, 5.74) is 1.89. The highest BCUT2D eigenvalue weighted by Crippen LogP contribution is 2.34. The van der Waals surface area contributed by atoms with Gasteiger partial charge in [0.2, 0.25) is 0 Å². The molecule has 1 aliphatic rings. The molecule has 1 aliphatic carbocycles. The van der Waals surface area contributed by atoms with Crippen molar-refractivity contribution in [3.8, 4) is 5.75 Å². The average Bonchev–Trinajstić information content (AvgIpc) is 2.57. The number of hydrogen-bond donors (Lipinski definition) is 0. The summed E-state index contributed by atoms with van der Waals surface area (Å²) in [5.74, 6) is -0.177. The second-order valence-corrected chi connectivity index (χ2v) is 6.25. The summed E-state index contributed by atoms with van der Waals surface area (Å²) in [7, 11) is 0. The average molecular weight is 351 g/mol. The molecule has 1 unspecified atom stereocenters. The fraction of sp³-hybridized carbons (Fsp3) is 0.444. The molecule has 0 fully saturated rings. The molecule has 0 spiro atoms. The van der Waals surface area contributed by atoms with Crippen molar-refractivity contribution in [2.75, 3.05) is 6.61 Å². The van der Waals surface area contributed by atoms with E-state index in [0.717, 1.165) is 42.2 Å². The Morgan fingerprint density at radius 3 is 2.71 bits per heavy atom. The number of esters is 1. The predicted molar refractivity (Wildman–Crippen MR) is 90.9 cm³/mol. The fourth-order valence-electron chi connectivity index (χ4n) is 3.03. The van der Waals surface area contributed by atoms with Crippen molar-refractivity contribution >= 4 is 28.5 Å². The van der Waals surface area contributed by atoms with E-state index >= 15 is 0 Å². The molecule has 1 heterocycles. The first-order valence-corrected chi connectivity index (χ1v) is 8.50. The van der Waals surface area contributed by atoms with Gasteiger partial charge in [-0.15, -0.1) is 0 Å². The Bertz CT molecular complexity index is 839. The maximum absolute atomic E-state index is 12.2. The van der Waals surface area contributed by atoms with Crippen LogP contribution in [0.4, 0.5) is 0 Å². The van der Waals surface area contributed by atoms with Gasteiger partial charge in [-0.3, -0.25) is 0 Å². The van der Waals surface area contributed by atoms with Gasteiger partial charge in [0.25, 0.3) is 0 Å². The minimum atomic E-state index is -0.802. The van der Waals surface area contributed by atoms with E-state index in [1.165, 1.54) is 0 Å². The molecule has 1 aromatic heterocycles. The van der Waals surface area contributed by atoms with Gasteiger partial charge in [0.05, 0.1) is 11.6 Å². The van der Waals surface area contributed by atoms with E-state index in [9.17, 15) is 9.59 Å². The molecule has 5 nitrogen and oxygen atoms in total. The molecular formula is C18H19ClO5. The number of ether oxygens (including phenoxy) is 2. The van der Waals surface area contributed by atoms with Crippen LogP contribution in [0, 0.1) is 0 Å². The molecule has 1 atom stereocenters. The summed E-state index contributed by atoms with van der Waals surface area (Å²) in [6.45, 7) is 3.59. The second-order valence-electron chi connectivity index (χ2n) is 5.84. The lowest BCUT2D eigenvalue weighted by Crippen LogP contribution is -2.26. The zero-order valence-corrected chi connectivity index (χ0v) is 14.4. The van der Waals surface area contributed by atoms with Crippen LogP contribution in [0.5, 0.6) is 5.75 Å². The van der Waals surface area contributed by atoms with Crippen LogP contribution >= 0.6 is 11.6 Å². The molecular weight excluding hydrogens is 332 g/mol. The van der Waals surface area contributed by atoms with Crippen LogP contribution in [0.3, 0.4) is 0 Å². The summed E-state index contributed by atoms with van der Waals surface area (Å²) in [5, 5.41) is 1.21. The number of carbonyl (C=O) groups is 1. The van der Waals surface area contributed by atoms with E-state index in [0.29, 0.717) is 16.4 Å². The Balaban J connectivity index is 2.01. The van der Waals surface area contributed by atoms with Gasteiger partial charge in [-0.1, -0.05) is 11.6 Å². The molecule has 0 saturated carbocycles. The standard InChI is InChI=1S/C18H19ClO5/c1-3-22-17(20)10(2)23-16-9-15-13(8-14(16)19)11-6-4-5-7-12(11)18(21)24-15/h8-10H,3-7H2,1-2H3. The van der Waals surface area contributed by atoms with Crippen molar-refractivity contribution in [1.29, 1.82) is 0 Å². The van der Waals surface area contributed by atoms with Crippen LogP contribution in [0.2, 0.25) is 5.02 Å². The monoisotopic (exact) mass is 350 g/mol. The first kappa shape index (κ1) is 16.8. The van der Waals surface area contributed by atoms with Gasteiger partial charge in [0.15, 0.2) is 6.10 Å². The highest BCUT2D eigenvalue weighted by atomic mass is 35.5. The van der Waals surface area contributed by atoms with Crippen molar-refractivity contribution in [2.24, 2.45) is 0 Å². The summed E-state index contributed by atoms with van der Waals surface area (Å²) in [6, 6.07) is 3.32. The van der Waals surface area contributed by atoms with Crippen molar-refractivity contribution in [2.45, 2.75) is 45.6 Å². The molecule has 0 bridgehead atoms. The van der Waals surface area contributed by atoms with Gasteiger partial charge < -0.3 is 13.9 Å². The Morgan fingerprint density at radius 1 is 1.29 bits per heavy atom. The predicted octanol–water partition coefficient (Wildman–Crippen LogP) is 3.66. The summed E-state index contributed by atoms with van der Waals surface area (Å²) in [4.78, 5) is 23.9. The molecule has 3 rings (SSSR count). The van der Waals surface area contributed by atoms with Crippen molar-refractivity contribution < 1.29 is 18.7 Å². The fourth-order valence-corrected chi connectivity index (χ4v) is 3.24. The lowest BCUT2D eigenvalue weighted by atomic mass is 9.90. The summed E-state index contributed by atoms with van der Waals surface area (Å²) >= 11 is 6.31. The van der Waals surface area contributed by atoms with Crippen LogP contribution in [0.25, 0.3) is 11.0 Å². The first-order chi connectivity index (χ1) is 11.5. The molecule has 6 heteroatoms. The molecule has 2 aromatic rings. The van der Waals surface area contributed by atoms with E-state index < -0.39 is 12.1 Å². The van der Waals surface area contributed by atoms with Gasteiger partial charge in [-0.05, 0) is 51.2 Å². The van der Waals surface area contributed by atoms with E-state index in [4.69, 9.17) is 25.5 Å². The third kappa shape index (κ3) is 3.13. The lowest BCUT2D eigenvalue weighted by molar-refractivity contribution is -0.150. The highest BCUT2D eigenvalue weighted by Gasteiger charge is 2.21. The van der Waals surface area contributed by atoms with Gasteiger partial charge in [-0.2, -0.15) is 0 Å². The molecule has 128 valence electrons. The Labute approximate surface area is 144 Å². The Morgan fingerprint density at radius 2 is 2.00 bits per heavy atom. The van der Waals surface area contributed by atoms with Crippen LogP contribution in [-0.4, -0.2) is 18.7 Å². The van der Waals surface area contributed by atoms with Crippen molar-refractivity contribution in [3.63, 3.8) is 0 Å². The minimum Gasteiger partial charge on any atom is -0.477 e. The maximum Gasteiger partial charge on any atom is 0.347 e. The topological polar surface area (TPSA) is 65.7 Å². The summed E-state index contributed by atoms with van der Waals surface area (Å²) < 4.78 is 15.9. The van der Waals surface area contributed by atoms with E-state index in [2.05, 4.69) is 0 Å². The van der Waals surface area contributed by atoms with Gasteiger partial charge in [0, 0.05) is 17.0 Å². The Hall–Kier alpha value is -2.01. The smallest absolute Gasteiger partial charge is 0.347 e. The van der Waals surface area contributed by atoms with Crippen LogP contribution in [-0.2, 0) is 22.4 Å². The van der Waals surface area contributed by atoms with Crippen LogP contribution in [0.1, 0.15) is 37.8 Å². The lowest BCUT2D eigenvalue weighted by Gasteiger charge is -2.18. The zero-order valence-electron chi connectivity index (χ0n) is 13.7. The van der Waals surface area contributed by atoms with Gasteiger partial charge >= 0.3 is 11.6 Å². The van der Waals surface area contributed by atoms with E-state index in [1.807, 2.05) is 0 Å². The zero-order chi connectivity index (χ0) is 17.3. The maximum atomic E-state index is 12.2. The molecule has 0 radical (unpaired) electrons. The van der Waals surface area contributed by atoms with Crippen molar-refractivity contribution in [1.82, 2.24) is 0 Å². The number of benzene rings is 1. The molecule has 0 aliphatic heterocycles. The third-order valence-corrected chi connectivity index (χ3v) is 4.49. The van der Waals surface area contributed by atoms with E-state index in [-0.39, 0.29) is 12.2 Å². The molecule has 0 saturated heterocycles. The molecule has 24 heavy (non-hydrogen) atoms. The van der Waals surface area contributed by atoms with E-state index in [1.54, 1.807) is 26.0 Å².